The van der Waals surface area contributed by atoms with E-state index in [4.69, 9.17) is 0 Å². The van der Waals surface area contributed by atoms with Crippen LogP contribution in [0.1, 0.15) is 23.4 Å². The van der Waals surface area contributed by atoms with Crippen molar-refractivity contribution in [1.82, 2.24) is 4.90 Å². The number of amides is 1. The lowest BCUT2D eigenvalue weighted by Crippen LogP contribution is -2.39. The minimum absolute atomic E-state index is 0.133. The predicted octanol–water partition coefficient (Wildman–Crippen LogP) is 2.71. The van der Waals surface area contributed by atoms with Gasteiger partial charge in [-0.15, -0.1) is 11.3 Å². The highest BCUT2D eigenvalue weighted by molar-refractivity contribution is 7.90. The van der Waals surface area contributed by atoms with Crippen molar-refractivity contribution in [3.63, 3.8) is 0 Å². The van der Waals surface area contributed by atoms with E-state index in [0.717, 1.165) is 19.2 Å². The van der Waals surface area contributed by atoms with Gasteiger partial charge in [0.05, 0.1) is 11.4 Å². The summed E-state index contributed by atoms with van der Waals surface area (Å²) in [4.78, 5) is 16.1. The summed E-state index contributed by atoms with van der Waals surface area (Å²) < 4.78 is 23.2. The Labute approximate surface area is 146 Å². The van der Waals surface area contributed by atoms with Gasteiger partial charge in [-0.2, -0.15) is 0 Å². The number of hydrogen-bond acceptors (Lipinski definition) is 5. The van der Waals surface area contributed by atoms with Crippen molar-refractivity contribution in [3.05, 3.63) is 46.2 Å². The van der Waals surface area contributed by atoms with Crippen LogP contribution in [-0.4, -0.2) is 38.6 Å². The zero-order valence-electron chi connectivity index (χ0n) is 13.7. The first-order valence-corrected chi connectivity index (χ1v) is 10.5. The number of carbonyl (C=O) groups excluding carboxylic acids is 1. The lowest BCUT2D eigenvalue weighted by atomic mass is 10.0. The van der Waals surface area contributed by atoms with Crippen LogP contribution < -0.4 is 5.32 Å². The Morgan fingerprint density at radius 3 is 2.92 bits per heavy atom. The highest BCUT2D eigenvalue weighted by Crippen LogP contribution is 2.32. The maximum atomic E-state index is 12.3. The Morgan fingerprint density at radius 2 is 2.17 bits per heavy atom. The molecule has 7 heteroatoms. The normalized spacial score (nSPS) is 18.2. The Morgan fingerprint density at radius 1 is 1.38 bits per heavy atom. The van der Waals surface area contributed by atoms with Gasteiger partial charge < -0.3 is 5.32 Å². The van der Waals surface area contributed by atoms with E-state index in [9.17, 15) is 13.2 Å². The molecule has 2 heterocycles. The van der Waals surface area contributed by atoms with Crippen LogP contribution in [0.5, 0.6) is 0 Å². The molecule has 1 amide bonds. The molecular weight excluding hydrogens is 344 g/mol. The molecule has 128 valence electrons. The van der Waals surface area contributed by atoms with E-state index in [1.807, 2.05) is 0 Å². The molecule has 0 radical (unpaired) electrons. The van der Waals surface area contributed by atoms with Crippen LogP contribution in [0, 0.1) is 0 Å². The molecule has 1 unspecified atom stereocenters. The molecule has 0 saturated carbocycles. The number of thiophene rings is 1. The second kappa shape index (κ2) is 6.66. The summed E-state index contributed by atoms with van der Waals surface area (Å²) in [5, 5.41) is 4.90. The fraction of sp³-hybridized carbons (Fsp3) is 0.353. The number of fused-ring (bicyclic) bond motifs is 1. The van der Waals surface area contributed by atoms with Gasteiger partial charge in [0, 0.05) is 29.4 Å². The summed E-state index contributed by atoms with van der Waals surface area (Å²) in [6, 6.07) is 8.69. The molecule has 5 nitrogen and oxygen atoms in total. The van der Waals surface area contributed by atoms with Crippen molar-refractivity contribution in [3.8, 4) is 0 Å². The van der Waals surface area contributed by atoms with E-state index in [-0.39, 0.29) is 16.8 Å². The molecule has 0 aliphatic carbocycles. The molecule has 0 fully saturated rings. The third-order valence-corrected chi connectivity index (χ3v) is 6.40. The molecule has 0 spiro atoms. The highest BCUT2D eigenvalue weighted by Gasteiger charge is 2.26. The predicted molar refractivity (Wildman–Crippen MR) is 96.2 cm³/mol. The first-order valence-electron chi connectivity index (χ1n) is 7.75. The number of hydrogen-bond donors (Lipinski definition) is 1. The molecular formula is C17H20N2O3S2. The molecule has 3 rings (SSSR count). The summed E-state index contributed by atoms with van der Waals surface area (Å²) >= 11 is 1.77. The van der Waals surface area contributed by atoms with Crippen LogP contribution >= 0.6 is 11.3 Å². The van der Waals surface area contributed by atoms with Gasteiger partial charge in [-0.25, -0.2) is 8.42 Å². The van der Waals surface area contributed by atoms with E-state index >= 15 is 0 Å². The molecule has 2 aromatic rings. The molecule has 1 aromatic heterocycles. The largest absolute Gasteiger partial charge is 0.325 e. The Kier molecular flexibility index (Phi) is 4.76. The molecule has 1 aliphatic heterocycles. The van der Waals surface area contributed by atoms with Crippen LogP contribution in [-0.2, 0) is 21.1 Å². The maximum Gasteiger partial charge on any atom is 0.238 e. The summed E-state index contributed by atoms with van der Waals surface area (Å²) in [7, 11) is -3.28. The van der Waals surface area contributed by atoms with E-state index in [1.54, 1.807) is 23.5 Å². The van der Waals surface area contributed by atoms with Crippen molar-refractivity contribution in [2.24, 2.45) is 0 Å². The third-order valence-electron chi connectivity index (χ3n) is 4.30. The van der Waals surface area contributed by atoms with Crippen LogP contribution in [0.4, 0.5) is 5.69 Å². The second-order valence-corrected chi connectivity index (χ2v) is 9.06. The maximum absolute atomic E-state index is 12.3. The number of nitrogens with zero attached hydrogens (tertiary/aromatic N) is 1. The van der Waals surface area contributed by atoms with Gasteiger partial charge in [-0.05, 0) is 48.6 Å². The summed E-state index contributed by atoms with van der Waals surface area (Å²) in [6.07, 6.45) is 2.12. The smallest absolute Gasteiger partial charge is 0.238 e. The fourth-order valence-corrected chi connectivity index (χ4v) is 4.60. The van der Waals surface area contributed by atoms with Crippen molar-refractivity contribution in [2.45, 2.75) is 24.3 Å². The van der Waals surface area contributed by atoms with Gasteiger partial charge in [0.25, 0.3) is 0 Å². The van der Waals surface area contributed by atoms with Gasteiger partial charge >= 0.3 is 0 Å². The monoisotopic (exact) mass is 364 g/mol. The minimum atomic E-state index is -3.28. The standard InChI is InChI=1S/C17H20N2O3S2/c1-12-15-7-9-23-16(15)6-8-19(12)11-17(20)18-13-4-3-5-14(10-13)24(2,21)22/h3-5,7,9-10,12H,6,8,11H2,1-2H3,(H,18,20). The Balaban J connectivity index is 1.67. The van der Waals surface area contributed by atoms with Gasteiger partial charge in [0.2, 0.25) is 5.91 Å². The van der Waals surface area contributed by atoms with E-state index < -0.39 is 9.84 Å². The number of benzene rings is 1. The van der Waals surface area contributed by atoms with Crippen LogP contribution in [0.25, 0.3) is 0 Å². The summed E-state index contributed by atoms with van der Waals surface area (Å²) in [6.45, 7) is 3.26. The van der Waals surface area contributed by atoms with E-state index in [0.29, 0.717) is 12.2 Å². The van der Waals surface area contributed by atoms with Crippen LogP contribution in [0.3, 0.4) is 0 Å². The van der Waals surface area contributed by atoms with Gasteiger partial charge in [-0.1, -0.05) is 6.07 Å². The van der Waals surface area contributed by atoms with E-state index in [2.05, 4.69) is 28.6 Å². The topological polar surface area (TPSA) is 66.5 Å². The number of rotatable bonds is 4. The lowest BCUT2D eigenvalue weighted by Gasteiger charge is -2.32. The highest BCUT2D eigenvalue weighted by atomic mass is 32.2. The number of carbonyl (C=O) groups is 1. The third kappa shape index (κ3) is 3.68. The van der Waals surface area contributed by atoms with Crippen molar-refractivity contribution in [2.75, 3.05) is 24.7 Å². The molecule has 24 heavy (non-hydrogen) atoms. The molecule has 0 saturated heterocycles. The molecule has 1 atom stereocenters. The molecule has 1 aliphatic rings. The average Bonchev–Trinajstić information content (AvgIpc) is 2.99. The minimum Gasteiger partial charge on any atom is -0.325 e. The Bertz CT molecular complexity index is 858. The number of nitrogens with one attached hydrogen (secondary N) is 1. The lowest BCUT2D eigenvalue weighted by molar-refractivity contribution is -0.117. The number of sulfone groups is 1. The van der Waals surface area contributed by atoms with Crippen molar-refractivity contribution < 1.29 is 13.2 Å². The quantitative estimate of drug-likeness (QED) is 0.906. The SMILES string of the molecule is CC1c2ccsc2CCN1CC(=O)Nc1cccc(S(C)(=O)=O)c1. The number of anilines is 1. The van der Waals surface area contributed by atoms with Crippen LogP contribution in [0.2, 0.25) is 0 Å². The zero-order chi connectivity index (χ0) is 17.3. The summed E-state index contributed by atoms with van der Waals surface area (Å²) in [5.74, 6) is -0.133. The molecule has 1 aromatic carbocycles. The first kappa shape index (κ1) is 17.1. The van der Waals surface area contributed by atoms with Gasteiger partial charge in [-0.3, -0.25) is 9.69 Å². The average molecular weight is 364 g/mol. The summed E-state index contributed by atoms with van der Waals surface area (Å²) in [5.41, 5.74) is 1.81. The van der Waals surface area contributed by atoms with Crippen LogP contribution in [0.15, 0.2) is 40.6 Å². The molecule has 0 bridgehead atoms. The Hall–Kier alpha value is -1.70. The van der Waals surface area contributed by atoms with Crippen molar-refractivity contribution in [1.29, 1.82) is 0 Å². The van der Waals surface area contributed by atoms with E-state index in [1.165, 1.54) is 22.6 Å². The van der Waals surface area contributed by atoms with Gasteiger partial charge in [0.15, 0.2) is 9.84 Å². The van der Waals surface area contributed by atoms with Crippen molar-refractivity contribution >= 4 is 32.8 Å². The fourth-order valence-electron chi connectivity index (χ4n) is 2.97. The molecule has 1 N–H and O–H groups in total. The first-order chi connectivity index (χ1) is 11.3. The van der Waals surface area contributed by atoms with Gasteiger partial charge in [0.1, 0.15) is 0 Å². The second-order valence-electron chi connectivity index (χ2n) is 6.04. The zero-order valence-corrected chi connectivity index (χ0v) is 15.3.